The molecule has 2 aromatic carbocycles. The SMILES string of the molecule is CN1CCC(N2CCN(c3ccc(N=Cc4c(O)[nH]c(=O)c5ccc(I)cc45)cc3)CC2)CC1. The van der Waals surface area contributed by atoms with Crippen LogP contribution in [0, 0.1) is 3.57 Å². The summed E-state index contributed by atoms with van der Waals surface area (Å²) in [5.74, 6) is -0.164. The van der Waals surface area contributed by atoms with Gasteiger partial charge in [0.15, 0.2) is 0 Å². The molecule has 3 heterocycles. The first-order chi connectivity index (χ1) is 16.5. The topological polar surface area (TPSA) is 75.2 Å². The Labute approximate surface area is 213 Å². The minimum absolute atomic E-state index is 0.164. The van der Waals surface area contributed by atoms with Crippen molar-refractivity contribution in [3.8, 4) is 5.88 Å². The number of hydrogen-bond donors (Lipinski definition) is 2. The van der Waals surface area contributed by atoms with Gasteiger partial charge in [-0.25, -0.2) is 0 Å². The maximum Gasteiger partial charge on any atom is 0.258 e. The number of rotatable bonds is 4. The Morgan fingerprint density at radius 1 is 1.00 bits per heavy atom. The van der Waals surface area contributed by atoms with Gasteiger partial charge in [-0.15, -0.1) is 0 Å². The number of fused-ring (bicyclic) bond motifs is 1. The van der Waals surface area contributed by atoms with Crippen molar-refractivity contribution in [1.82, 2.24) is 14.8 Å². The number of nitrogens with zero attached hydrogens (tertiary/aromatic N) is 4. The molecule has 2 saturated heterocycles. The zero-order valence-electron chi connectivity index (χ0n) is 19.4. The Kier molecular flexibility index (Phi) is 6.89. The highest BCUT2D eigenvalue weighted by Gasteiger charge is 2.26. The predicted molar refractivity (Wildman–Crippen MR) is 147 cm³/mol. The number of anilines is 1. The van der Waals surface area contributed by atoms with E-state index in [9.17, 15) is 9.90 Å². The monoisotopic (exact) mass is 571 g/mol. The van der Waals surface area contributed by atoms with Crippen molar-refractivity contribution in [3.05, 3.63) is 62.0 Å². The number of aromatic nitrogens is 1. The van der Waals surface area contributed by atoms with Gasteiger partial charge in [-0.3, -0.25) is 19.7 Å². The zero-order chi connectivity index (χ0) is 23.7. The molecule has 0 amide bonds. The Hall–Kier alpha value is -2.43. The van der Waals surface area contributed by atoms with Crippen LogP contribution in [0.2, 0.25) is 0 Å². The summed E-state index contributed by atoms with van der Waals surface area (Å²) in [6, 6.07) is 14.5. The lowest BCUT2D eigenvalue weighted by molar-refractivity contribution is 0.115. The van der Waals surface area contributed by atoms with Crippen LogP contribution >= 0.6 is 22.6 Å². The molecule has 0 atom stereocenters. The van der Waals surface area contributed by atoms with Gasteiger partial charge in [0.2, 0.25) is 5.88 Å². The number of halogens is 1. The first kappa shape index (κ1) is 23.3. The molecule has 2 aliphatic heterocycles. The van der Waals surface area contributed by atoms with E-state index in [1.807, 2.05) is 24.3 Å². The molecule has 8 heteroatoms. The number of nitrogens with one attached hydrogen (secondary N) is 1. The summed E-state index contributed by atoms with van der Waals surface area (Å²) in [6.07, 6.45) is 4.18. The smallest absolute Gasteiger partial charge is 0.258 e. The Morgan fingerprint density at radius 2 is 1.71 bits per heavy atom. The van der Waals surface area contributed by atoms with E-state index < -0.39 is 0 Å². The standard InChI is InChI=1S/C26H30IN5O2/c1-30-10-8-21(9-11-30)32-14-12-31(13-15-32)20-5-3-19(4-6-20)28-17-24-23-16-18(27)2-7-22(23)25(33)29-26(24)34/h2-7,16-17,21H,8-15H2,1H3,(H2,29,33,34). The molecule has 2 fully saturated rings. The fourth-order valence-corrected chi connectivity index (χ4v) is 5.52. The van der Waals surface area contributed by atoms with Crippen molar-refractivity contribution in [3.63, 3.8) is 0 Å². The molecule has 1 aromatic heterocycles. The number of piperazine rings is 1. The van der Waals surface area contributed by atoms with Gasteiger partial charge in [0, 0.05) is 58.5 Å². The molecular formula is C26H30IN5O2. The number of aromatic amines is 1. The van der Waals surface area contributed by atoms with E-state index in [1.165, 1.54) is 31.6 Å². The average Bonchev–Trinajstić information content (AvgIpc) is 2.85. The minimum atomic E-state index is -0.304. The van der Waals surface area contributed by atoms with Crippen LogP contribution in [0.1, 0.15) is 18.4 Å². The number of benzene rings is 2. The van der Waals surface area contributed by atoms with Crippen molar-refractivity contribution in [2.45, 2.75) is 18.9 Å². The second-order valence-corrected chi connectivity index (χ2v) is 10.5. The molecule has 0 radical (unpaired) electrons. The van der Waals surface area contributed by atoms with E-state index in [-0.39, 0.29) is 11.4 Å². The van der Waals surface area contributed by atoms with E-state index in [1.54, 1.807) is 12.3 Å². The molecule has 178 valence electrons. The molecule has 0 aliphatic carbocycles. The lowest BCUT2D eigenvalue weighted by Gasteiger charge is -2.42. The van der Waals surface area contributed by atoms with Gasteiger partial charge in [0.25, 0.3) is 5.56 Å². The van der Waals surface area contributed by atoms with Crippen LogP contribution in [-0.2, 0) is 0 Å². The average molecular weight is 571 g/mol. The molecule has 34 heavy (non-hydrogen) atoms. The predicted octanol–water partition coefficient (Wildman–Crippen LogP) is 3.81. The number of aliphatic imine (C=N–C) groups is 1. The quantitative estimate of drug-likeness (QED) is 0.368. The summed E-state index contributed by atoms with van der Waals surface area (Å²) >= 11 is 2.20. The summed E-state index contributed by atoms with van der Waals surface area (Å²) in [4.78, 5) is 26.8. The largest absolute Gasteiger partial charge is 0.494 e. The van der Waals surface area contributed by atoms with Crippen LogP contribution in [0.4, 0.5) is 11.4 Å². The van der Waals surface area contributed by atoms with Crippen LogP contribution < -0.4 is 10.5 Å². The van der Waals surface area contributed by atoms with Crippen LogP contribution in [0.3, 0.4) is 0 Å². The number of likely N-dealkylation sites (tertiary alicyclic amines) is 1. The van der Waals surface area contributed by atoms with Gasteiger partial charge in [0.05, 0.1) is 11.3 Å². The number of hydrogen-bond acceptors (Lipinski definition) is 6. The van der Waals surface area contributed by atoms with E-state index in [4.69, 9.17) is 0 Å². The van der Waals surface area contributed by atoms with E-state index >= 15 is 0 Å². The normalized spacial score (nSPS) is 18.8. The van der Waals surface area contributed by atoms with Crippen molar-refractivity contribution >= 4 is 51.0 Å². The van der Waals surface area contributed by atoms with Crippen molar-refractivity contribution < 1.29 is 5.11 Å². The van der Waals surface area contributed by atoms with Gasteiger partial charge >= 0.3 is 0 Å². The van der Waals surface area contributed by atoms with E-state index in [0.29, 0.717) is 16.3 Å². The molecule has 5 rings (SSSR count). The lowest BCUT2D eigenvalue weighted by atomic mass is 10.0. The second-order valence-electron chi connectivity index (χ2n) is 9.24. The summed E-state index contributed by atoms with van der Waals surface area (Å²) in [6.45, 7) is 6.74. The molecule has 0 bridgehead atoms. The minimum Gasteiger partial charge on any atom is -0.494 e. The first-order valence-electron chi connectivity index (χ1n) is 11.8. The number of H-pyrrole nitrogens is 1. The highest BCUT2D eigenvalue weighted by Crippen LogP contribution is 2.26. The van der Waals surface area contributed by atoms with Crippen LogP contribution in [0.25, 0.3) is 10.8 Å². The number of aromatic hydroxyl groups is 1. The Bertz CT molecular complexity index is 1240. The third-order valence-electron chi connectivity index (χ3n) is 7.08. The van der Waals surface area contributed by atoms with Crippen LogP contribution in [-0.4, -0.2) is 78.5 Å². The molecule has 2 aliphatic rings. The van der Waals surface area contributed by atoms with Crippen LogP contribution in [0.15, 0.2) is 52.3 Å². The Morgan fingerprint density at radius 3 is 2.41 bits per heavy atom. The maximum absolute atomic E-state index is 12.2. The fraction of sp³-hybridized carbons (Fsp3) is 0.385. The molecule has 0 spiro atoms. The summed E-state index contributed by atoms with van der Waals surface area (Å²) < 4.78 is 0.991. The van der Waals surface area contributed by atoms with Gasteiger partial charge in [-0.05, 0) is 98.0 Å². The summed E-state index contributed by atoms with van der Waals surface area (Å²) in [7, 11) is 2.22. The Balaban J connectivity index is 1.26. The summed E-state index contributed by atoms with van der Waals surface area (Å²) in [5, 5.41) is 11.6. The van der Waals surface area contributed by atoms with E-state index in [0.717, 1.165) is 41.5 Å². The summed E-state index contributed by atoms with van der Waals surface area (Å²) in [5.41, 5.74) is 2.23. The van der Waals surface area contributed by atoms with Crippen molar-refractivity contribution in [1.29, 1.82) is 0 Å². The third kappa shape index (κ3) is 4.99. The first-order valence-corrected chi connectivity index (χ1v) is 12.9. The number of piperidine rings is 1. The van der Waals surface area contributed by atoms with E-state index in [2.05, 4.69) is 66.4 Å². The highest BCUT2D eigenvalue weighted by molar-refractivity contribution is 14.1. The second kappa shape index (κ2) is 10.1. The van der Waals surface area contributed by atoms with Gasteiger partial charge in [-0.2, -0.15) is 0 Å². The fourth-order valence-electron chi connectivity index (χ4n) is 5.03. The van der Waals surface area contributed by atoms with Gasteiger partial charge < -0.3 is 14.9 Å². The van der Waals surface area contributed by atoms with Gasteiger partial charge in [0.1, 0.15) is 0 Å². The molecule has 3 aromatic rings. The maximum atomic E-state index is 12.2. The molecule has 0 saturated carbocycles. The van der Waals surface area contributed by atoms with Gasteiger partial charge in [-0.1, -0.05) is 0 Å². The third-order valence-corrected chi connectivity index (χ3v) is 7.75. The zero-order valence-corrected chi connectivity index (χ0v) is 21.5. The van der Waals surface area contributed by atoms with Crippen LogP contribution in [0.5, 0.6) is 5.88 Å². The molecular weight excluding hydrogens is 541 g/mol. The molecule has 2 N–H and O–H groups in total. The van der Waals surface area contributed by atoms with Crippen molar-refractivity contribution in [2.75, 3.05) is 51.2 Å². The lowest BCUT2D eigenvalue weighted by Crippen LogP contribution is -2.52. The number of pyridine rings is 1. The molecule has 7 nitrogen and oxygen atoms in total. The molecule has 0 unspecified atom stereocenters. The van der Waals surface area contributed by atoms with Crippen molar-refractivity contribution in [2.24, 2.45) is 4.99 Å². The highest BCUT2D eigenvalue weighted by atomic mass is 127.